The Morgan fingerprint density at radius 1 is 1.28 bits per heavy atom. The first-order chi connectivity index (χ1) is 8.58. The van der Waals surface area contributed by atoms with E-state index in [-0.39, 0.29) is 0 Å². The van der Waals surface area contributed by atoms with Crippen molar-refractivity contribution in [2.75, 3.05) is 6.54 Å². The Hall–Kier alpha value is -0.830. The number of imidazole rings is 1. The van der Waals surface area contributed by atoms with Crippen LogP contribution in [0.15, 0.2) is 6.20 Å². The first kappa shape index (κ1) is 15.2. The molecule has 0 aliphatic heterocycles. The molecule has 1 aromatic heterocycles. The number of hydrogen-bond donors (Lipinski definition) is 1. The van der Waals surface area contributed by atoms with Crippen molar-refractivity contribution in [3.05, 3.63) is 17.7 Å². The van der Waals surface area contributed by atoms with Crippen LogP contribution in [0.3, 0.4) is 0 Å². The van der Waals surface area contributed by atoms with Gasteiger partial charge in [0.15, 0.2) is 0 Å². The van der Waals surface area contributed by atoms with Crippen LogP contribution in [0.1, 0.15) is 52.1 Å². The van der Waals surface area contributed by atoms with Gasteiger partial charge in [-0.2, -0.15) is 0 Å². The summed E-state index contributed by atoms with van der Waals surface area (Å²) in [6.07, 6.45) is 4.50. The largest absolute Gasteiger partial charge is 0.331 e. The van der Waals surface area contributed by atoms with Crippen molar-refractivity contribution in [1.29, 1.82) is 0 Å². The zero-order valence-corrected chi connectivity index (χ0v) is 12.7. The van der Waals surface area contributed by atoms with Gasteiger partial charge in [0.05, 0.1) is 5.69 Å². The highest BCUT2D eigenvalue weighted by atomic mass is 15.1. The molecule has 1 N–H and O–H groups in total. The van der Waals surface area contributed by atoms with Gasteiger partial charge in [-0.15, -0.1) is 0 Å². The van der Waals surface area contributed by atoms with Gasteiger partial charge in [0.2, 0.25) is 0 Å². The standard InChI is InChI=1S/C15H29N3/c1-6-14(7-2)11-18-13(5)17-10-15(18)9-16-8-12(3)4/h10,12,14,16H,6-9,11H2,1-5H3. The number of aromatic nitrogens is 2. The van der Waals surface area contributed by atoms with Crippen LogP contribution in [-0.2, 0) is 13.1 Å². The average molecular weight is 251 g/mol. The van der Waals surface area contributed by atoms with E-state index in [1.165, 1.54) is 18.5 Å². The van der Waals surface area contributed by atoms with E-state index in [9.17, 15) is 0 Å². The van der Waals surface area contributed by atoms with Gasteiger partial charge >= 0.3 is 0 Å². The van der Waals surface area contributed by atoms with Gasteiger partial charge in [-0.3, -0.25) is 0 Å². The van der Waals surface area contributed by atoms with Crippen molar-refractivity contribution in [3.63, 3.8) is 0 Å². The minimum Gasteiger partial charge on any atom is -0.331 e. The van der Waals surface area contributed by atoms with Crippen molar-refractivity contribution in [2.45, 2.75) is 60.5 Å². The summed E-state index contributed by atoms with van der Waals surface area (Å²) in [6, 6.07) is 0. The average Bonchev–Trinajstić information content (AvgIpc) is 2.67. The summed E-state index contributed by atoms with van der Waals surface area (Å²) < 4.78 is 2.38. The molecule has 104 valence electrons. The third-order valence-electron chi connectivity index (χ3n) is 3.59. The monoisotopic (exact) mass is 251 g/mol. The molecule has 0 aliphatic rings. The first-order valence-electron chi connectivity index (χ1n) is 7.30. The zero-order chi connectivity index (χ0) is 13.5. The molecule has 0 atom stereocenters. The van der Waals surface area contributed by atoms with Crippen molar-refractivity contribution >= 4 is 0 Å². The van der Waals surface area contributed by atoms with Crippen LogP contribution in [0, 0.1) is 18.8 Å². The maximum Gasteiger partial charge on any atom is 0.105 e. The molecule has 18 heavy (non-hydrogen) atoms. The maximum absolute atomic E-state index is 4.46. The Labute approximate surface area is 112 Å². The van der Waals surface area contributed by atoms with Crippen LogP contribution in [0.5, 0.6) is 0 Å². The molecule has 0 spiro atoms. The van der Waals surface area contributed by atoms with Crippen molar-refractivity contribution in [3.8, 4) is 0 Å². The van der Waals surface area contributed by atoms with Crippen molar-refractivity contribution < 1.29 is 0 Å². The second kappa shape index (κ2) is 7.57. The number of aryl methyl sites for hydroxylation is 1. The first-order valence-corrected chi connectivity index (χ1v) is 7.30. The van der Waals surface area contributed by atoms with E-state index in [1.807, 2.05) is 6.20 Å². The lowest BCUT2D eigenvalue weighted by Crippen LogP contribution is -2.22. The topological polar surface area (TPSA) is 29.9 Å². The maximum atomic E-state index is 4.46. The van der Waals surface area contributed by atoms with Gasteiger partial charge in [0.1, 0.15) is 5.82 Å². The van der Waals surface area contributed by atoms with Crippen LogP contribution in [0.25, 0.3) is 0 Å². The molecule has 0 amide bonds. The normalized spacial score (nSPS) is 11.7. The van der Waals surface area contributed by atoms with Crippen LogP contribution in [-0.4, -0.2) is 16.1 Å². The SMILES string of the molecule is CCC(CC)Cn1c(CNCC(C)C)cnc1C. The summed E-state index contributed by atoms with van der Waals surface area (Å²) in [5, 5.41) is 3.50. The molecule has 3 heteroatoms. The fraction of sp³-hybridized carbons (Fsp3) is 0.800. The quantitative estimate of drug-likeness (QED) is 0.767. The molecule has 1 heterocycles. The molecule has 0 unspecified atom stereocenters. The van der Waals surface area contributed by atoms with E-state index in [2.05, 4.69) is 49.5 Å². The van der Waals surface area contributed by atoms with Crippen molar-refractivity contribution in [1.82, 2.24) is 14.9 Å². The molecule has 0 radical (unpaired) electrons. The predicted octanol–water partition coefficient (Wildman–Crippen LogP) is 3.37. The summed E-state index contributed by atoms with van der Waals surface area (Å²) in [5.74, 6) is 2.60. The molecule has 3 nitrogen and oxygen atoms in total. The highest BCUT2D eigenvalue weighted by Crippen LogP contribution is 2.14. The minimum atomic E-state index is 0.696. The van der Waals surface area contributed by atoms with Crippen LogP contribution >= 0.6 is 0 Å². The molecule has 0 aliphatic carbocycles. The zero-order valence-electron chi connectivity index (χ0n) is 12.7. The Bertz CT molecular complexity index is 338. The van der Waals surface area contributed by atoms with E-state index in [1.54, 1.807) is 0 Å². The highest BCUT2D eigenvalue weighted by molar-refractivity contribution is 5.04. The predicted molar refractivity (Wildman–Crippen MR) is 77.6 cm³/mol. The fourth-order valence-electron chi connectivity index (χ4n) is 2.20. The van der Waals surface area contributed by atoms with Crippen LogP contribution < -0.4 is 5.32 Å². The summed E-state index contributed by atoms with van der Waals surface area (Å²) in [5.41, 5.74) is 1.32. The van der Waals surface area contributed by atoms with Gasteiger partial charge in [-0.25, -0.2) is 4.98 Å². The van der Waals surface area contributed by atoms with E-state index in [4.69, 9.17) is 0 Å². The molecule has 0 saturated carbocycles. The fourth-order valence-corrected chi connectivity index (χ4v) is 2.20. The smallest absolute Gasteiger partial charge is 0.105 e. The van der Waals surface area contributed by atoms with Crippen LogP contribution in [0.2, 0.25) is 0 Å². The van der Waals surface area contributed by atoms with E-state index in [0.29, 0.717) is 5.92 Å². The van der Waals surface area contributed by atoms with Gasteiger partial charge in [-0.05, 0) is 25.3 Å². The van der Waals surface area contributed by atoms with E-state index in [0.717, 1.165) is 31.4 Å². The third kappa shape index (κ3) is 4.45. The molecule has 0 saturated heterocycles. The molecule has 0 aromatic carbocycles. The molecular weight excluding hydrogens is 222 g/mol. The number of nitrogens with zero attached hydrogens (tertiary/aromatic N) is 2. The van der Waals surface area contributed by atoms with Gasteiger partial charge in [-0.1, -0.05) is 40.5 Å². The molecule has 0 fully saturated rings. The number of nitrogens with one attached hydrogen (secondary N) is 1. The van der Waals surface area contributed by atoms with Gasteiger partial charge in [0, 0.05) is 19.3 Å². The number of rotatable bonds is 8. The lowest BCUT2D eigenvalue weighted by Gasteiger charge is -2.17. The Morgan fingerprint density at radius 2 is 1.94 bits per heavy atom. The van der Waals surface area contributed by atoms with Crippen LogP contribution in [0.4, 0.5) is 0 Å². The number of hydrogen-bond acceptors (Lipinski definition) is 2. The Kier molecular flexibility index (Phi) is 6.41. The molecule has 0 bridgehead atoms. The van der Waals surface area contributed by atoms with Gasteiger partial charge in [0.25, 0.3) is 0 Å². The summed E-state index contributed by atoms with van der Waals surface area (Å²) >= 11 is 0. The Balaban J connectivity index is 2.62. The third-order valence-corrected chi connectivity index (χ3v) is 3.59. The summed E-state index contributed by atoms with van der Waals surface area (Å²) in [6.45, 7) is 14.2. The Morgan fingerprint density at radius 3 is 2.50 bits per heavy atom. The van der Waals surface area contributed by atoms with E-state index >= 15 is 0 Å². The van der Waals surface area contributed by atoms with Gasteiger partial charge < -0.3 is 9.88 Å². The highest BCUT2D eigenvalue weighted by Gasteiger charge is 2.11. The molecule has 1 rings (SSSR count). The second-order valence-corrected chi connectivity index (χ2v) is 5.61. The lowest BCUT2D eigenvalue weighted by molar-refractivity contribution is 0.403. The minimum absolute atomic E-state index is 0.696. The lowest BCUT2D eigenvalue weighted by atomic mass is 10.0. The second-order valence-electron chi connectivity index (χ2n) is 5.61. The van der Waals surface area contributed by atoms with Crippen molar-refractivity contribution in [2.24, 2.45) is 11.8 Å². The summed E-state index contributed by atoms with van der Waals surface area (Å²) in [7, 11) is 0. The molecule has 1 aromatic rings. The summed E-state index contributed by atoms with van der Waals surface area (Å²) in [4.78, 5) is 4.46. The van der Waals surface area contributed by atoms with E-state index < -0.39 is 0 Å². The molecular formula is C15H29N3.